The molecule has 2 unspecified atom stereocenters. The third-order valence-electron chi connectivity index (χ3n) is 3.29. The van der Waals surface area contributed by atoms with E-state index in [9.17, 15) is 0 Å². The number of pyridine rings is 1. The van der Waals surface area contributed by atoms with Crippen molar-refractivity contribution in [1.82, 2.24) is 15.6 Å². The van der Waals surface area contributed by atoms with Gasteiger partial charge in [0, 0.05) is 19.3 Å². The lowest BCUT2D eigenvalue weighted by Gasteiger charge is -2.11. The van der Waals surface area contributed by atoms with Gasteiger partial charge in [0.15, 0.2) is 5.96 Å². The van der Waals surface area contributed by atoms with Gasteiger partial charge in [0.05, 0.1) is 12.2 Å². The molecule has 1 aliphatic rings. The zero-order valence-electron chi connectivity index (χ0n) is 11.2. The van der Waals surface area contributed by atoms with Gasteiger partial charge in [-0.25, -0.2) is 0 Å². The van der Waals surface area contributed by atoms with Gasteiger partial charge in [0.1, 0.15) is 0 Å². The van der Waals surface area contributed by atoms with Crippen molar-refractivity contribution in [3.63, 3.8) is 0 Å². The van der Waals surface area contributed by atoms with Gasteiger partial charge in [0.25, 0.3) is 0 Å². The van der Waals surface area contributed by atoms with Crippen molar-refractivity contribution in [2.45, 2.75) is 38.8 Å². The van der Waals surface area contributed by atoms with Crippen LogP contribution in [0.2, 0.25) is 0 Å². The fourth-order valence-corrected chi connectivity index (χ4v) is 2.16. The van der Waals surface area contributed by atoms with E-state index in [0.29, 0.717) is 12.6 Å². The molecule has 98 valence electrons. The molecule has 0 aromatic carbocycles. The number of aliphatic imine (C=N–C) groups is 1. The van der Waals surface area contributed by atoms with Crippen molar-refractivity contribution in [2.75, 3.05) is 7.05 Å². The molecule has 0 bridgehead atoms. The first-order valence-corrected chi connectivity index (χ1v) is 6.70. The summed E-state index contributed by atoms with van der Waals surface area (Å²) in [5, 5.41) is 6.75. The highest BCUT2D eigenvalue weighted by molar-refractivity contribution is 5.80. The summed E-state index contributed by atoms with van der Waals surface area (Å²) < 4.78 is 0. The number of hydrogen-bond donors (Lipinski definition) is 2. The van der Waals surface area contributed by atoms with Crippen LogP contribution in [0.15, 0.2) is 29.4 Å². The van der Waals surface area contributed by atoms with Crippen molar-refractivity contribution < 1.29 is 0 Å². The molecule has 0 radical (unpaired) electrons. The molecule has 0 saturated heterocycles. The minimum absolute atomic E-state index is 0.611. The van der Waals surface area contributed by atoms with Crippen LogP contribution >= 0.6 is 0 Å². The lowest BCUT2D eigenvalue weighted by Crippen LogP contribution is -2.38. The van der Waals surface area contributed by atoms with E-state index >= 15 is 0 Å². The standard InChI is InChI=1S/C14H22N4/c1-3-6-11-9-13(11)18-14(15-2)17-10-12-7-4-5-8-16-12/h4-5,7-8,11,13H,3,6,9-10H2,1-2H3,(H2,15,17,18). The Hall–Kier alpha value is -1.58. The van der Waals surface area contributed by atoms with E-state index in [0.717, 1.165) is 17.6 Å². The van der Waals surface area contributed by atoms with Gasteiger partial charge in [-0.2, -0.15) is 0 Å². The predicted molar refractivity (Wildman–Crippen MR) is 74.4 cm³/mol. The zero-order valence-corrected chi connectivity index (χ0v) is 11.2. The van der Waals surface area contributed by atoms with E-state index in [1.807, 2.05) is 31.4 Å². The zero-order chi connectivity index (χ0) is 12.8. The monoisotopic (exact) mass is 246 g/mol. The highest BCUT2D eigenvalue weighted by Gasteiger charge is 2.36. The van der Waals surface area contributed by atoms with Crippen molar-refractivity contribution in [2.24, 2.45) is 10.9 Å². The summed E-state index contributed by atoms with van der Waals surface area (Å²) in [5.41, 5.74) is 1.03. The van der Waals surface area contributed by atoms with Crippen molar-refractivity contribution in [3.05, 3.63) is 30.1 Å². The van der Waals surface area contributed by atoms with Crippen LogP contribution in [0.4, 0.5) is 0 Å². The molecule has 1 heterocycles. The fraction of sp³-hybridized carbons (Fsp3) is 0.571. The van der Waals surface area contributed by atoms with E-state index < -0.39 is 0 Å². The van der Waals surface area contributed by atoms with Crippen molar-refractivity contribution >= 4 is 5.96 Å². The number of guanidine groups is 1. The number of rotatable bonds is 5. The summed E-state index contributed by atoms with van der Waals surface area (Å²) in [6.07, 6.45) is 5.67. The first-order chi connectivity index (χ1) is 8.83. The Balaban J connectivity index is 1.74. The molecule has 2 N–H and O–H groups in total. The second kappa shape index (κ2) is 6.38. The summed E-state index contributed by atoms with van der Waals surface area (Å²) in [4.78, 5) is 8.52. The maximum atomic E-state index is 4.28. The molecule has 0 spiro atoms. The number of nitrogens with one attached hydrogen (secondary N) is 2. The van der Waals surface area contributed by atoms with Crippen LogP contribution in [0.3, 0.4) is 0 Å². The summed E-state index contributed by atoms with van der Waals surface area (Å²) in [5.74, 6) is 1.72. The van der Waals surface area contributed by atoms with Gasteiger partial charge in [0.2, 0.25) is 0 Å². The summed E-state index contributed by atoms with van der Waals surface area (Å²) >= 11 is 0. The lowest BCUT2D eigenvalue weighted by atomic mass is 10.2. The second-order valence-electron chi connectivity index (χ2n) is 4.78. The minimum atomic E-state index is 0.611. The van der Waals surface area contributed by atoms with E-state index in [4.69, 9.17) is 0 Å². The van der Waals surface area contributed by atoms with Crippen molar-refractivity contribution in [1.29, 1.82) is 0 Å². The highest BCUT2D eigenvalue weighted by atomic mass is 15.2. The number of nitrogens with zero attached hydrogens (tertiary/aromatic N) is 2. The number of aromatic nitrogens is 1. The maximum absolute atomic E-state index is 4.28. The van der Waals surface area contributed by atoms with E-state index in [2.05, 4.69) is 27.5 Å². The smallest absolute Gasteiger partial charge is 0.191 e. The van der Waals surface area contributed by atoms with E-state index in [-0.39, 0.29) is 0 Å². The topological polar surface area (TPSA) is 49.3 Å². The van der Waals surface area contributed by atoms with Gasteiger partial charge in [-0.05, 0) is 30.9 Å². The van der Waals surface area contributed by atoms with E-state index in [1.54, 1.807) is 0 Å². The maximum Gasteiger partial charge on any atom is 0.191 e. The van der Waals surface area contributed by atoms with Crippen LogP contribution in [-0.2, 0) is 6.54 Å². The Morgan fingerprint density at radius 1 is 1.50 bits per heavy atom. The average Bonchev–Trinajstić information content (AvgIpc) is 3.14. The molecule has 1 fully saturated rings. The largest absolute Gasteiger partial charge is 0.353 e. The molecule has 1 aromatic rings. The molecule has 4 heteroatoms. The van der Waals surface area contributed by atoms with Gasteiger partial charge in [-0.15, -0.1) is 0 Å². The van der Waals surface area contributed by atoms with Crippen LogP contribution < -0.4 is 10.6 Å². The molecule has 2 atom stereocenters. The van der Waals surface area contributed by atoms with Gasteiger partial charge < -0.3 is 10.6 Å². The Kier molecular flexibility index (Phi) is 4.56. The van der Waals surface area contributed by atoms with Gasteiger partial charge in [-0.1, -0.05) is 19.4 Å². The Morgan fingerprint density at radius 2 is 2.39 bits per heavy atom. The minimum Gasteiger partial charge on any atom is -0.353 e. The van der Waals surface area contributed by atoms with E-state index in [1.165, 1.54) is 19.3 Å². The Bertz CT molecular complexity index is 388. The quantitative estimate of drug-likeness (QED) is 0.616. The third kappa shape index (κ3) is 3.72. The first kappa shape index (κ1) is 12.9. The number of hydrogen-bond acceptors (Lipinski definition) is 2. The van der Waals surface area contributed by atoms with Crippen LogP contribution in [0.25, 0.3) is 0 Å². The Morgan fingerprint density at radius 3 is 3.06 bits per heavy atom. The molecule has 2 rings (SSSR count). The predicted octanol–water partition coefficient (Wildman–Crippen LogP) is 1.94. The molecule has 0 aliphatic heterocycles. The Labute approximate surface area is 109 Å². The molecule has 1 saturated carbocycles. The molecule has 1 aliphatic carbocycles. The van der Waals surface area contributed by atoms with Crippen LogP contribution in [0, 0.1) is 5.92 Å². The first-order valence-electron chi connectivity index (χ1n) is 6.70. The van der Waals surface area contributed by atoms with Crippen LogP contribution in [-0.4, -0.2) is 24.0 Å². The summed E-state index contributed by atoms with van der Waals surface area (Å²) in [6.45, 7) is 2.95. The van der Waals surface area contributed by atoms with Crippen molar-refractivity contribution in [3.8, 4) is 0 Å². The normalized spacial score (nSPS) is 22.7. The fourth-order valence-electron chi connectivity index (χ4n) is 2.16. The third-order valence-corrected chi connectivity index (χ3v) is 3.29. The lowest BCUT2D eigenvalue weighted by molar-refractivity contribution is 0.654. The highest BCUT2D eigenvalue weighted by Crippen LogP contribution is 2.34. The molecular weight excluding hydrogens is 224 g/mol. The molecule has 18 heavy (non-hydrogen) atoms. The van der Waals surface area contributed by atoms with Gasteiger partial charge >= 0.3 is 0 Å². The van der Waals surface area contributed by atoms with Crippen LogP contribution in [0.5, 0.6) is 0 Å². The second-order valence-corrected chi connectivity index (χ2v) is 4.78. The van der Waals surface area contributed by atoms with Gasteiger partial charge in [-0.3, -0.25) is 9.98 Å². The molecular formula is C14H22N4. The summed E-state index contributed by atoms with van der Waals surface area (Å²) in [6, 6.07) is 6.55. The summed E-state index contributed by atoms with van der Waals surface area (Å²) in [7, 11) is 1.81. The average molecular weight is 246 g/mol. The van der Waals surface area contributed by atoms with Crippen LogP contribution in [0.1, 0.15) is 31.9 Å². The molecule has 1 aromatic heterocycles. The SMILES string of the molecule is CCCC1CC1NC(=NC)NCc1ccccn1. The molecule has 4 nitrogen and oxygen atoms in total. The molecule has 0 amide bonds.